The smallest absolute Gasteiger partial charge is 0.410 e. The van der Waals surface area contributed by atoms with Crippen LogP contribution in [0.4, 0.5) is 4.79 Å². The Labute approximate surface area is 155 Å². The van der Waals surface area contributed by atoms with Gasteiger partial charge in [0.15, 0.2) is 0 Å². The van der Waals surface area contributed by atoms with E-state index in [1.807, 2.05) is 34.6 Å². The highest BCUT2D eigenvalue weighted by Crippen LogP contribution is 2.23. The van der Waals surface area contributed by atoms with Gasteiger partial charge < -0.3 is 14.4 Å². The molecule has 0 radical (unpaired) electrons. The number of halogens is 1. The minimum atomic E-state index is -0.607. The Balaban J connectivity index is 3.09. The number of carbonyl (C=O) groups is 2. The van der Waals surface area contributed by atoms with E-state index >= 15 is 0 Å². The molecule has 25 heavy (non-hydrogen) atoms. The molecule has 0 fully saturated rings. The van der Waals surface area contributed by atoms with Crippen molar-refractivity contribution in [1.29, 1.82) is 0 Å². The van der Waals surface area contributed by atoms with Gasteiger partial charge in [0.1, 0.15) is 5.60 Å². The molecule has 140 valence electrons. The number of amides is 1. The van der Waals surface area contributed by atoms with Crippen molar-refractivity contribution < 1.29 is 19.1 Å². The number of benzene rings is 1. The molecule has 6 heteroatoms. The largest absolute Gasteiger partial charge is 0.465 e. The van der Waals surface area contributed by atoms with E-state index < -0.39 is 17.6 Å². The summed E-state index contributed by atoms with van der Waals surface area (Å²) in [5.74, 6) is -0.980. The van der Waals surface area contributed by atoms with Crippen LogP contribution in [0.3, 0.4) is 0 Å². The molecule has 0 aliphatic heterocycles. The zero-order valence-electron chi connectivity index (χ0n) is 15.8. The van der Waals surface area contributed by atoms with Crippen LogP contribution in [0.1, 0.15) is 53.0 Å². The third-order valence-corrected chi connectivity index (χ3v) is 3.73. The number of rotatable bonds is 6. The van der Waals surface area contributed by atoms with Crippen LogP contribution in [-0.4, -0.2) is 41.8 Å². The Morgan fingerprint density at radius 2 is 1.72 bits per heavy atom. The van der Waals surface area contributed by atoms with E-state index in [2.05, 4.69) is 0 Å². The van der Waals surface area contributed by atoms with Crippen LogP contribution in [0.2, 0.25) is 5.02 Å². The number of esters is 1. The molecular formula is C19H28ClNO4. The minimum Gasteiger partial charge on any atom is -0.465 e. The molecule has 0 aromatic heterocycles. The molecule has 0 N–H and O–H groups in total. The van der Waals surface area contributed by atoms with Crippen LogP contribution in [-0.2, 0) is 14.3 Å². The molecular weight excluding hydrogens is 342 g/mol. The van der Waals surface area contributed by atoms with Gasteiger partial charge in [-0.1, -0.05) is 23.7 Å². The van der Waals surface area contributed by atoms with Crippen molar-refractivity contribution >= 4 is 23.7 Å². The molecule has 1 aromatic carbocycles. The Morgan fingerprint density at radius 3 is 2.16 bits per heavy atom. The predicted octanol–water partition coefficient (Wildman–Crippen LogP) is 4.63. The molecule has 0 aliphatic carbocycles. The second kappa shape index (κ2) is 9.09. The summed E-state index contributed by atoms with van der Waals surface area (Å²) in [6.45, 7) is 11.4. The lowest BCUT2D eigenvalue weighted by Crippen LogP contribution is -2.44. The van der Waals surface area contributed by atoms with Gasteiger partial charge in [-0.05, 0) is 59.2 Å². The molecule has 1 rings (SSSR count). The summed E-state index contributed by atoms with van der Waals surface area (Å²) in [6, 6.07) is 6.86. The highest BCUT2D eigenvalue weighted by Gasteiger charge is 2.31. The average molecular weight is 370 g/mol. The molecule has 0 saturated carbocycles. The van der Waals surface area contributed by atoms with Gasteiger partial charge in [-0.25, -0.2) is 4.79 Å². The van der Waals surface area contributed by atoms with Crippen LogP contribution in [0, 0.1) is 0 Å². The number of carbonyl (C=O) groups excluding carboxylic acids is 2. The number of hydrogen-bond acceptors (Lipinski definition) is 4. The summed E-state index contributed by atoms with van der Waals surface area (Å²) >= 11 is 5.94. The van der Waals surface area contributed by atoms with Crippen molar-refractivity contribution in [2.75, 3.05) is 13.2 Å². The van der Waals surface area contributed by atoms with Crippen molar-refractivity contribution in [3.63, 3.8) is 0 Å². The van der Waals surface area contributed by atoms with Crippen LogP contribution in [0.25, 0.3) is 0 Å². The van der Waals surface area contributed by atoms with E-state index in [4.69, 9.17) is 21.1 Å². The molecule has 0 aliphatic rings. The lowest BCUT2D eigenvalue weighted by Gasteiger charge is -2.32. The van der Waals surface area contributed by atoms with E-state index in [9.17, 15) is 9.59 Å². The molecule has 0 saturated heterocycles. The van der Waals surface area contributed by atoms with Gasteiger partial charge in [-0.2, -0.15) is 0 Å². The third kappa shape index (κ3) is 6.94. The molecule has 0 spiro atoms. The van der Waals surface area contributed by atoms with Crippen molar-refractivity contribution in [3.8, 4) is 0 Å². The Bertz CT molecular complexity index is 578. The van der Waals surface area contributed by atoms with Crippen LogP contribution in [0.5, 0.6) is 0 Å². The maximum atomic E-state index is 12.5. The summed E-state index contributed by atoms with van der Waals surface area (Å²) in [5.41, 5.74) is 0.140. The minimum absolute atomic E-state index is 0.126. The van der Waals surface area contributed by atoms with E-state index in [1.54, 1.807) is 36.1 Å². The maximum absolute atomic E-state index is 12.5. The molecule has 5 nitrogen and oxygen atoms in total. The van der Waals surface area contributed by atoms with Gasteiger partial charge >= 0.3 is 12.1 Å². The maximum Gasteiger partial charge on any atom is 0.410 e. The highest BCUT2D eigenvalue weighted by atomic mass is 35.5. The van der Waals surface area contributed by atoms with Gasteiger partial charge in [-0.3, -0.25) is 4.79 Å². The first-order valence-electron chi connectivity index (χ1n) is 8.47. The van der Waals surface area contributed by atoms with Crippen LogP contribution < -0.4 is 0 Å². The van der Waals surface area contributed by atoms with Crippen LogP contribution in [0.15, 0.2) is 24.3 Å². The summed E-state index contributed by atoms with van der Waals surface area (Å²) in [4.78, 5) is 26.5. The normalized spacial score (nSPS) is 12.6. The quantitative estimate of drug-likeness (QED) is 0.686. The fourth-order valence-electron chi connectivity index (χ4n) is 2.27. The standard InChI is InChI=1S/C19H28ClNO4/c1-7-24-17(22)16(14-8-10-15(20)11-9-14)12-21(13(2)3)18(23)25-19(4,5)6/h8-11,13,16H,7,12H2,1-6H3. The predicted molar refractivity (Wildman–Crippen MR) is 98.9 cm³/mol. The Hall–Kier alpha value is -1.75. The van der Waals surface area contributed by atoms with E-state index in [-0.39, 0.29) is 25.2 Å². The molecule has 0 bridgehead atoms. The fraction of sp³-hybridized carbons (Fsp3) is 0.579. The SMILES string of the molecule is CCOC(=O)C(CN(C(=O)OC(C)(C)C)C(C)C)c1ccc(Cl)cc1. The van der Waals surface area contributed by atoms with Gasteiger partial charge in [0.2, 0.25) is 0 Å². The monoisotopic (exact) mass is 369 g/mol. The molecule has 1 amide bonds. The van der Waals surface area contributed by atoms with Crippen molar-refractivity contribution in [1.82, 2.24) is 4.90 Å². The van der Waals surface area contributed by atoms with E-state index in [0.29, 0.717) is 5.02 Å². The summed E-state index contributed by atoms with van der Waals surface area (Å²) < 4.78 is 10.7. The lowest BCUT2D eigenvalue weighted by atomic mass is 9.98. The topological polar surface area (TPSA) is 55.8 Å². The third-order valence-electron chi connectivity index (χ3n) is 3.47. The van der Waals surface area contributed by atoms with E-state index in [0.717, 1.165) is 5.56 Å². The highest BCUT2D eigenvalue weighted by molar-refractivity contribution is 6.30. The summed E-state index contributed by atoms with van der Waals surface area (Å²) in [6.07, 6.45) is -0.453. The van der Waals surface area contributed by atoms with Gasteiger partial charge in [0.05, 0.1) is 12.5 Å². The first-order chi connectivity index (χ1) is 11.5. The Kier molecular flexibility index (Phi) is 7.74. The summed E-state index contributed by atoms with van der Waals surface area (Å²) in [7, 11) is 0. The molecule has 0 heterocycles. The number of hydrogen-bond donors (Lipinski definition) is 0. The zero-order valence-corrected chi connectivity index (χ0v) is 16.6. The van der Waals surface area contributed by atoms with Gasteiger partial charge in [0.25, 0.3) is 0 Å². The second-order valence-electron chi connectivity index (χ2n) is 7.08. The van der Waals surface area contributed by atoms with E-state index in [1.165, 1.54) is 0 Å². The Morgan fingerprint density at radius 1 is 1.16 bits per heavy atom. The fourth-order valence-corrected chi connectivity index (χ4v) is 2.39. The van der Waals surface area contributed by atoms with Gasteiger partial charge in [0, 0.05) is 17.6 Å². The van der Waals surface area contributed by atoms with Gasteiger partial charge in [-0.15, -0.1) is 0 Å². The second-order valence-corrected chi connectivity index (χ2v) is 7.52. The molecule has 1 atom stereocenters. The van der Waals surface area contributed by atoms with Crippen molar-refractivity contribution in [2.45, 2.75) is 59.1 Å². The lowest BCUT2D eigenvalue weighted by molar-refractivity contribution is -0.145. The molecule has 1 unspecified atom stereocenters. The van der Waals surface area contributed by atoms with Crippen molar-refractivity contribution in [3.05, 3.63) is 34.9 Å². The zero-order chi connectivity index (χ0) is 19.2. The first-order valence-corrected chi connectivity index (χ1v) is 8.84. The average Bonchev–Trinajstić information content (AvgIpc) is 2.47. The van der Waals surface area contributed by atoms with Crippen LogP contribution >= 0.6 is 11.6 Å². The first kappa shape index (κ1) is 21.3. The number of nitrogens with zero attached hydrogens (tertiary/aromatic N) is 1. The van der Waals surface area contributed by atoms with Crippen molar-refractivity contribution in [2.24, 2.45) is 0 Å². The summed E-state index contributed by atoms with van der Waals surface area (Å²) in [5, 5.41) is 0.583. The molecule has 1 aromatic rings. The number of ether oxygens (including phenoxy) is 2.